The first kappa shape index (κ1) is 16.2. The Morgan fingerprint density at radius 3 is 2.53 bits per heavy atom. The van der Waals surface area contributed by atoms with Crippen molar-refractivity contribution in [2.24, 2.45) is 5.73 Å². The molecule has 0 aliphatic rings. The highest BCUT2D eigenvalue weighted by molar-refractivity contribution is 5.68. The summed E-state index contributed by atoms with van der Waals surface area (Å²) in [6.45, 7) is 9.89. The topological polar surface area (TPSA) is 67.6 Å². The van der Waals surface area contributed by atoms with E-state index in [1.54, 1.807) is 11.9 Å². The van der Waals surface area contributed by atoms with Gasteiger partial charge in [0.25, 0.3) is 0 Å². The minimum Gasteiger partial charge on any atom is -0.444 e. The quantitative estimate of drug-likeness (QED) is 0.690. The maximum Gasteiger partial charge on any atom is 0.410 e. The number of rotatable bonds is 6. The molecule has 3 N–H and O–H groups in total. The SMILES string of the molecule is CC(CNCCCN)N(C)C(=O)OC(C)(C)C. The van der Waals surface area contributed by atoms with E-state index in [-0.39, 0.29) is 12.1 Å². The minimum atomic E-state index is -0.446. The number of carbonyl (C=O) groups is 1. The van der Waals surface area contributed by atoms with Crippen LogP contribution in [0.5, 0.6) is 0 Å². The van der Waals surface area contributed by atoms with E-state index in [0.717, 1.165) is 19.5 Å². The molecule has 102 valence electrons. The predicted molar refractivity (Wildman–Crippen MR) is 70.0 cm³/mol. The van der Waals surface area contributed by atoms with Crippen LogP contribution in [-0.4, -0.2) is 49.3 Å². The third kappa shape index (κ3) is 7.99. The van der Waals surface area contributed by atoms with E-state index in [0.29, 0.717) is 6.54 Å². The maximum atomic E-state index is 11.7. The first-order valence-corrected chi connectivity index (χ1v) is 6.14. The number of amides is 1. The lowest BCUT2D eigenvalue weighted by Crippen LogP contribution is -2.44. The van der Waals surface area contributed by atoms with Crippen molar-refractivity contribution in [3.8, 4) is 0 Å². The molecule has 0 aromatic carbocycles. The molecule has 0 fully saturated rings. The number of nitrogens with zero attached hydrogens (tertiary/aromatic N) is 1. The van der Waals surface area contributed by atoms with Crippen LogP contribution in [0.15, 0.2) is 0 Å². The van der Waals surface area contributed by atoms with E-state index < -0.39 is 5.60 Å². The molecule has 0 radical (unpaired) electrons. The average molecular weight is 245 g/mol. The molecule has 5 nitrogen and oxygen atoms in total. The van der Waals surface area contributed by atoms with E-state index in [4.69, 9.17) is 10.5 Å². The molecule has 0 bridgehead atoms. The number of likely N-dealkylation sites (N-methyl/N-ethyl adjacent to an activating group) is 1. The van der Waals surface area contributed by atoms with Crippen molar-refractivity contribution in [2.75, 3.05) is 26.7 Å². The normalized spacial score (nSPS) is 13.3. The van der Waals surface area contributed by atoms with Gasteiger partial charge in [-0.15, -0.1) is 0 Å². The first-order valence-electron chi connectivity index (χ1n) is 6.14. The van der Waals surface area contributed by atoms with Crippen LogP contribution in [0, 0.1) is 0 Å². The summed E-state index contributed by atoms with van der Waals surface area (Å²) in [7, 11) is 1.75. The summed E-state index contributed by atoms with van der Waals surface area (Å²) in [5.41, 5.74) is 4.95. The fraction of sp³-hybridized carbons (Fsp3) is 0.917. The van der Waals surface area contributed by atoms with Crippen LogP contribution in [0.4, 0.5) is 4.79 Å². The van der Waals surface area contributed by atoms with Gasteiger partial charge in [0.2, 0.25) is 0 Å². The molecule has 1 unspecified atom stereocenters. The smallest absolute Gasteiger partial charge is 0.410 e. The zero-order valence-electron chi connectivity index (χ0n) is 11.7. The second kappa shape index (κ2) is 7.50. The van der Waals surface area contributed by atoms with Gasteiger partial charge in [-0.1, -0.05) is 0 Å². The molecule has 5 heteroatoms. The van der Waals surface area contributed by atoms with Gasteiger partial charge in [0.15, 0.2) is 0 Å². The van der Waals surface area contributed by atoms with Crippen LogP contribution in [0.1, 0.15) is 34.1 Å². The fourth-order valence-electron chi connectivity index (χ4n) is 1.19. The summed E-state index contributed by atoms with van der Waals surface area (Å²) >= 11 is 0. The van der Waals surface area contributed by atoms with Crippen molar-refractivity contribution >= 4 is 6.09 Å². The standard InChI is InChI=1S/C12H27N3O2/c1-10(9-14-8-6-7-13)15(5)11(16)17-12(2,3)4/h10,14H,6-9,13H2,1-5H3. The molecule has 17 heavy (non-hydrogen) atoms. The number of carbonyl (C=O) groups excluding carboxylic acids is 1. The van der Waals surface area contributed by atoms with Gasteiger partial charge in [0.1, 0.15) is 5.60 Å². The van der Waals surface area contributed by atoms with Crippen molar-refractivity contribution in [3.63, 3.8) is 0 Å². The molecular weight excluding hydrogens is 218 g/mol. The molecule has 0 saturated carbocycles. The second-order valence-corrected chi connectivity index (χ2v) is 5.29. The second-order valence-electron chi connectivity index (χ2n) is 5.29. The van der Waals surface area contributed by atoms with Crippen molar-refractivity contribution in [1.82, 2.24) is 10.2 Å². The van der Waals surface area contributed by atoms with Crippen LogP contribution in [0.2, 0.25) is 0 Å². The lowest BCUT2D eigenvalue weighted by Gasteiger charge is -2.28. The Hall–Kier alpha value is -0.810. The van der Waals surface area contributed by atoms with Gasteiger partial charge < -0.3 is 20.7 Å². The molecule has 1 amide bonds. The van der Waals surface area contributed by atoms with Gasteiger partial charge in [0.05, 0.1) is 0 Å². The van der Waals surface area contributed by atoms with Crippen LogP contribution < -0.4 is 11.1 Å². The largest absolute Gasteiger partial charge is 0.444 e. The van der Waals surface area contributed by atoms with E-state index in [1.165, 1.54) is 0 Å². The number of ether oxygens (including phenoxy) is 1. The summed E-state index contributed by atoms with van der Waals surface area (Å²) < 4.78 is 5.29. The van der Waals surface area contributed by atoms with Crippen LogP contribution in [-0.2, 0) is 4.74 Å². The molecule has 0 aliphatic heterocycles. The summed E-state index contributed by atoms with van der Waals surface area (Å²) in [5.74, 6) is 0. The average Bonchev–Trinajstić information content (AvgIpc) is 2.20. The van der Waals surface area contributed by atoms with Crippen LogP contribution in [0.3, 0.4) is 0 Å². The summed E-state index contributed by atoms with van der Waals surface area (Å²) in [6.07, 6.45) is 0.661. The predicted octanol–water partition coefficient (Wildman–Crippen LogP) is 1.18. The lowest BCUT2D eigenvalue weighted by atomic mass is 10.2. The molecule has 0 saturated heterocycles. The summed E-state index contributed by atoms with van der Waals surface area (Å²) in [5, 5.41) is 3.26. The van der Waals surface area contributed by atoms with E-state index >= 15 is 0 Å². The van der Waals surface area contributed by atoms with Gasteiger partial charge in [-0.3, -0.25) is 0 Å². The zero-order valence-corrected chi connectivity index (χ0v) is 11.7. The van der Waals surface area contributed by atoms with Crippen molar-refractivity contribution in [1.29, 1.82) is 0 Å². The number of hydrogen-bond acceptors (Lipinski definition) is 4. The minimum absolute atomic E-state index is 0.0997. The van der Waals surface area contributed by atoms with Crippen LogP contribution in [0.25, 0.3) is 0 Å². The third-order valence-electron chi connectivity index (χ3n) is 2.34. The third-order valence-corrected chi connectivity index (χ3v) is 2.34. The van der Waals surface area contributed by atoms with E-state index in [9.17, 15) is 4.79 Å². The summed E-state index contributed by atoms with van der Waals surface area (Å²) in [4.78, 5) is 13.4. The molecule has 0 aromatic rings. The molecule has 0 spiro atoms. The van der Waals surface area contributed by atoms with Gasteiger partial charge in [0, 0.05) is 19.6 Å². The Morgan fingerprint density at radius 1 is 1.47 bits per heavy atom. The molecule has 0 rings (SSSR count). The monoisotopic (exact) mass is 245 g/mol. The van der Waals surface area contributed by atoms with Gasteiger partial charge in [-0.05, 0) is 47.2 Å². The Morgan fingerprint density at radius 2 is 2.06 bits per heavy atom. The Bertz CT molecular complexity index is 226. The van der Waals surface area contributed by atoms with Gasteiger partial charge in [-0.25, -0.2) is 4.79 Å². The highest BCUT2D eigenvalue weighted by Gasteiger charge is 2.22. The molecule has 0 aromatic heterocycles. The number of nitrogens with one attached hydrogen (secondary N) is 1. The Kier molecular flexibility index (Phi) is 7.15. The number of hydrogen-bond donors (Lipinski definition) is 2. The molecule has 0 heterocycles. The van der Waals surface area contributed by atoms with Gasteiger partial charge >= 0.3 is 6.09 Å². The number of nitrogens with two attached hydrogens (primary N) is 1. The van der Waals surface area contributed by atoms with E-state index in [2.05, 4.69) is 5.32 Å². The Labute approximate surface area is 105 Å². The zero-order chi connectivity index (χ0) is 13.5. The van der Waals surface area contributed by atoms with Crippen molar-refractivity contribution in [3.05, 3.63) is 0 Å². The van der Waals surface area contributed by atoms with E-state index in [1.807, 2.05) is 27.7 Å². The lowest BCUT2D eigenvalue weighted by molar-refractivity contribution is 0.0236. The molecule has 1 atom stereocenters. The highest BCUT2D eigenvalue weighted by Crippen LogP contribution is 2.10. The first-order chi connectivity index (χ1) is 7.78. The van der Waals surface area contributed by atoms with Crippen LogP contribution >= 0.6 is 0 Å². The summed E-state index contributed by atoms with van der Waals surface area (Å²) in [6, 6.07) is 0.0997. The molecule has 0 aliphatic carbocycles. The van der Waals surface area contributed by atoms with Crippen molar-refractivity contribution in [2.45, 2.75) is 45.8 Å². The highest BCUT2D eigenvalue weighted by atomic mass is 16.6. The fourth-order valence-corrected chi connectivity index (χ4v) is 1.19. The maximum absolute atomic E-state index is 11.7. The van der Waals surface area contributed by atoms with Crippen molar-refractivity contribution < 1.29 is 9.53 Å². The molecular formula is C12H27N3O2. The van der Waals surface area contributed by atoms with Gasteiger partial charge in [-0.2, -0.15) is 0 Å². The Balaban J connectivity index is 3.95.